The standard InChI is InChI=1S/C14H23N5O6/c15-6-11(21)17-7-12(22)18-8(3-4-10(16)20)13(23)19-5-1-2-9(19)14(24)25/h8-9H,1-7,15H2,(H2,16,20)(H,17,21)(H,18,22)(H,24,25). The lowest BCUT2D eigenvalue weighted by atomic mass is 10.1. The molecule has 1 saturated heterocycles. The van der Waals surface area contributed by atoms with E-state index >= 15 is 0 Å². The van der Waals surface area contributed by atoms with E-state index in [0.29, 0.717) is 12.8 Å². The summed E-state index contributed by atoms with van der Waals surface area (Å²) in [5, 5.41) is 13.8. The molecule has 1 heterocycles. The van der Waals surface area contributed by atoms with Crippen LogP contribution in [0.1, 0.15) is 25.7 Å². The Morgan fingerprint density at radius 3 is 2.44 bits per heavy atom. The third-order valence-electron chi connectivity index (χ3n) is 3.77. The molecular weight excluding hydrogens is 334 g/mol. The third-order valence-corrected chi connectivity index (χ3v) is 3.77. The summed E-state index contributed by atoms with van der Waals surface area (Å²) < 4.78 is 0. The van der Waals surface area contributed by atoms with E-state index in [1.807, 2.05) is 0 Å². The van der Waals surface area contributed by atoms with Gasteiger partial charge in [-0.25, -0.2) is 4.79 Å². The summed E-state index contributed by atoms with van der Waals surface area (Å²) in [6.45, 7) is -0.424. The van der Waals surface area contributed by atoms with Crippen LogP contribution in [0, 0.1) is 0 Å². The Morgan fingerprint density at radius 1 is 1.20 bits per heavy atom. The second kappa shape index (κ2) is 9.57. The Bertz CT molecular complexity index is 552. The lowest BCUT2D eigenvalue weighted by molar-refractivity contribution is -0.149. The first kappa shape index (κ1) is 20.4. The van der Waals surface area contributed by atoms with Gasteiger partial charge in [0, 0.05) is 13.0 Å². The minimum absolute atomic E-state index is 0.0619. The van der Waals surface area contributed by atoms with Crippen molar-refractivity contribution in [3.05, 3.63) is 0 Å². The van der Waals surface area contributed by atoms with Gasteiger partial charge < -0.3 is 32.1 Å². The first-order chi connectivity index (χ1) is 11.8. The number of carbonyl (C=O) groups excluding carboxylic acids is 4. The smallest absolute Gasteiger partial charge is 0.326 e. The fraction of sp³-hybridized carbons (Fsp3) is 0.643. The number of hydrogen-bond donors (Lipinski definition) is 5. The molecule has 0 aromatic heterocycles. The highest BCUT2D eigenvalue weighted by Crippen LogP contribution is 2.19. The van der Waals surface area contributed by atoms with Crippen LogP contribution in [-0.2, 0) is 24.0 Å². The van der Waals surface area contributed by atoms with Crippen molar-refractivity contribution in [1.29, 1.82) is 0 Å². The number of hydrogen-bond acceptors (Lipinski definition) is 6. The number of carboxylic acids is 1. The van der Waals surface area contributed by atoms with Crippen molar-refractivity contribution >= 4 is 29.6 Å². The number of rotatable bonds is 9. The van der Waals surface area contributed by atoms with E-state index in [1.165, 1.54) is 4.90 Å². The van der Waals surface area contributed by atoms with Crippen LogP contribution >= 0.6 is 0 Å². The molecule has 0 spiro atoms. The quantitative estimate of drug-likeness (QED) is 0.289. The van der Waals surface area contributed by atoms with Gasteiger partial charge in [-0.05, 0) is 19.3 Å². The highest BCUT2D eigenvalue weighted by molar-refractivity contribution is 5.92. The largest absolute Gasteiger partial charge is 0.480 e. The summed E-state index contributed by atoms with van der Waals surface area (Å²) in [5.74, 6) is -3.57. The zero-order valence-corrected chi connectivity index (χ0v) is 13.7. The lowest BCUT2D eigenvalue weighted by Gasteiger charge is -2.27. The Kier molecular flexibility index (Phi) is 7.79. The van der Waals surface area contributed by atoms with Gasteiger partial charge in [0.2, 0.25) is 23.6 Å². The fourth-order valence-corrected chi connectivity index (χ4v) is 2.53. The maximum absolute atomic E-state index is 12.6. The molecule has 0 aromatic rings. The second-order valence-electron chi connectivity index (χ2n) is 5.63. The van der Waals surface area contributed by atoms with Gasteiger partial charge in [0.05, 0.1) is 13.1 Å². The summed E-state index contributed by atoms with van der Waals surface area (Å²) in [7, 11) is 0. The molecule has 25 heavy (non-hydrogen) atoms. The van der Waals surface area contributed by atoms with E-state index in [2.05, 4.69) is 10.6 Å². The summed E-state index contributed by atoms with van der Waals surface area (Å²) in [6.07, 6.45) is 0.640. The van der Waals surface area contributed by atoms with E-state index in [0.717, 1.165) is 0 Å². The molecule has 7 N–H and O–H groups in total. The number of amides is 4. The van der Waals surface area contributed by atoms with Gasteiger partial charge in [0.25, 0.3) is 0 Å². The average molecular weight is 357 g/mol. The molecule has 0 aliphatic carbocycles. The minimum Gasteiger partial charge on any atom is -0.480 e. The van der Waals surface area contributed by atoms with Gasteiger partial charge in [0.15, 0.2) is 0 Å². The SMILES string of the molecule is NCC(=O)NCC(=O)NC(CCC(N)=O)C(=O)N1CCCC1C(=O)O. The zero-order valence-electron chi connectivity index (χ0n) is 13.7. The third kappa shape index (κ3) is 6.37. The van der Waals surface area contributed by atoms with E-state index in [-0.39, 0.29) is 25.9 Å². The monoisotopic (exact) mass is 357 g/mol. The molecule has 0 bridgehead atoms. The number of nitrogens with two attached hydrogens (primary N) is 2. The first-order valence-electron chi connectivity index (χ1n) is 7.84. The maximum Gasteiger partial charge on any atom is 0.326 e. The van der Waals surface area contributed by atoms with E-state index in [1.54, 1.807) is 0 Å². The van der Waals surface area contributed by atoms with Crippen LogP contribution in [0.3, 0.4) is 0 Å². The lowest BCUT2D eigenvalue weighted by Crippen LogP contribution is -2.53. The molecule has 1 aliphatic heterocycles. The van der Waals surface area contributed by atoms with Crippen molar-refractivity contribution < 1.29 is 29.1 Å². The Morgan fingerprint density at radius 2 is 1.88 bits per heavy atom. The van der Waals surface area contributed by atoms with Gasteiger partial charge in [0.1, 0.15) is 12.1 Å². The second-order valence-corrected chi connectivity index (χ2v) is 5.63. The number of carboxylic acid groups (broad SMARTS) is 1. The van der Waals surface area contributed by atoms with E-state index < -0.39 is 48.2 Å². The van der Waals surface area contributed by atoms with Gasteiger partial charge in [-0.15, -0.1) is 0 Å². The summed E-state index contributed by atoms with van der Waals surface area (Å²) >= 11 is 0. The Labute approximate surface area is 144 Å². The van der Waals surface area contributed by atoms with Crippen molar-refractivity contribution in [3.8, 4) is 0 Å². The molecule has 1 rings (SSSR count). The number of aliphatic carboxylic acids is 1. The van der Waals surface area contributed by atoms with E-state index in [9.17, 15) is 29.1 Å². The first-order valence-corrected chi connectivity index (χ1v) is 7.84. The number of nitrogens with one attached hydrogen (secondary N) is 2. The molecule has 0 radical (unpaired) electrons. The molecule has 4 amide bonds. The predicted octanol–water partition coefficient (Wildman–Crippen LogP) is -3.11. The maximum atomic E-state index is 12.6. The number of nitrogens with zero attached hydrogens (tertiary/aromatic N) is 1. The molecule has 0 aromatic carbocycles. The normalized spacial score (nSPS) is 17.6. The molecule has 140 valence electrons. The Balaban J connectivity index is 2.75. The van der Waals surface area contributed by atoms with Crippen molar-refractivity contribution in [3.63, 3.8) is 0 Å². The molecule has 2 unspecified atom stereocenters. The van der Waals surface area contributed by atoms with Gasteiger partial charge in [-0.3, -0.25) is 19.2 Å². The van der Waals surface area contributed by atoms with E-state index in [4.69, 9.17) is 11.5 Å². The van der Waals surface area contributed by atoms with Gasteiger partial charge in [-0.1, -0.05) is 0 Å². The number of likely N-dealkylation sites (tertiary alicyclic amines) is 1. The summed E-state index contributed by atoms with van der Waals surface area (Å²) in [4.78, 5) is 58.9. The number of primary amides is 1. The van der Waals surface area contributed by atoms with Crippen LogP contribution in [0.25, 0.3) is 0 Å². The molecule has 2 atom stereocenters. The van der Waals surface area contributed by atoms with Gasteiger partial charge in [-0.2, -0.15) is 0 Å². The predicted molar refractivity (Wildman–Crippen MR) is 84.8 cm³/mol. The molecule has 1 fully saturated rings. The average Bonchev–Trinajstić information content (AvgIpc) is 3.05. The van der Waals surface area contributed by atoms with Crippen LogP contribution in [0.4, 0.5) is 0 Å². The minimum atomic E-state index is -1.12. The Hall–Kier alpha value is -2.69. The number of carbonyl (C=O) groups is 5. The van der Waals surface area contributed by atoms with Crippen molar-refractivity contribution in [1.82, 2.24) is 15.5 Å². The van der Waals surface area contributed by atoms with Crippen LogP contribution < -0.4 is 22.1 Å². The van der Waals surface area contributed by atoms with Crippen LogP contribution in [0.15, 0.2) is 0 Å². The topological polar surface area (TPSA) is 185 Å². The fourth-order valence-electron chi connectivity index (χ4n) is 2.53. The molecular formula is C14H23N5O6. The molecule has 1 aliphatic rings. The van der Waals surface area contributed by atoms with Crippen molar-refractivity contribution in [2.75, 3.05) is 19.6 Å². The van der Waals surface area contributed by atoms with Crippen molar-refractivity contribution in [2.45, 2.75) is 37.8 Å². The zero-order chi connectivity index (χ0) is 19.0. The molecule has 0 saturated carbocycles. The molecule has 11 heteroatoms. The van der Waals surface area contributed by atoms with Gasteiger partial charge >= 0.3 is 5.97 Å². The van der Waals surface area contributed by atoms with Crippen LogP contribution in [-0.4, -0.2) is 71.3 Å². The highest BCUT2D eigenvalue weighted by atomic mass is 16.4. The van der Waals surface area contributed by atoms with Crippen LogP contribution in [0.5, 0.6) is 0 Å². The van der Waals surface area contributed by atoms with Crippen molar-refractivity contribution in [2.24, 2.45) is 11.5 Å². The summed E-state index contributed by atoms with van der Waals surface area (Å²) in [6, 6.07) is -2.06. The van der Waals surface area contributed by atoms with Crippen LogP contribution in [0.2, 0.25) is 0 Å². The molecule has 11 nitrogen and oxygen atoms in total. The highest BCUT2D eigenvalue weighted by Gasteiger charge is 2.37. The summed E-state index contributed by atoms with van der Waals surface area (Å²) in [5.41, 5.74) is 10.2.